The third kappa shape index (κ3) is 3.38. The van der Waals surface area contributed by atoms with Crippen LogP contribution in [-0.4, -0.2) is 62.1 Å². The number of amides is 1. The number of carbonyl (C=O) groups excluding carboxylic acids is 1. The topological polar surface area (TPSA) is 32.8 Å². The zero-order valence-electron chi connectivity index (χ0n) is 13.5. The summed E-state index contributed by atoms with van der Waals surface area (Å²) in [5.74, 6) is -14.4. The molecular weight excluding hydrogens is 373 g/mol. The van der Waals surface area contributed by atoms with Gasteiger partial charge in [-0.25, -0.2) is 0 Å². The lowest BCUT2D eigenvalue weighted by atomic mass is 10.1. The second-order valence-corrected chi connectivity index (χ2v) is 5.60. The van der Waals surface area contributed by atoms with E-state index in [4.69, 9.17) is 4.74 Å². The number of halogens is 7. The van der Waals surface area contributed by atoms with Crippen LogP contribution in [0.5, 0.6) is 5.75 Å². The molecule has 1 heterocycles. The molecule has 1 amide bonds. The maximum Gasteiger partial charge on any atom is 0.460 e. The summed E-state index contributed by atoms with van der Waals surface area (Å²) in [7, 11) is 1.42. The quantitative estimate of drug-likeness (QED) is 0.743. The van der Waals surface area contributed by atoms with Crippen molar-refractivity contribution in [3.05, 3.63) is 24.3 Å². The molecule has 146 valence electrons. The number of alkyl halides is 7. The van der Waals surface area contributed by atoms with Crippen molar-refractivity contribution in [3.8, 4) is 5.75 Å². The van der Waals surface area contributed by atoms with Gasteiger partial charge in [0.05, 0.1) is 12.8 Å². The summed E-state index contributed by atoms with van der Waals surface area (Å²) in [5, 5.41) is 0. The monoisotopic (exact) mass is 388 g/mol. The van der Waals surface area contributed by atoms with Gasteiger partial charge in [0, 0.05) is 26.2 Å². The molecule has 0 radical (unpaired) electrons. The average molecular weight is 388 g/mol. The molecule has 26 heavy (non-hydrogen) atoms. The third-order valence-electron chi connectivity index (χ3n) is 4.01. The summed E-state index contributed by atoms with van der Waals surface area (Å²) in [6.45, 7) is -0.916. The number of piperazine rings is 1. The highest BCUT2D eigenvalue weighted by molar-refractivity contribution is 5.85. The van der Waals surface area contributed by atoms with E-state index >= 15 is 0 Å². The number of para-hydroxylation sites is 2. The highest BCUT2D eigenvalue weighted by Gasteiger charge is 2.76. The van der Waals surface area contributed by atoms with Crippen LogP contribution in [0.15, 0.2) is 24.3 Å². The first-order chi connectivity index (χ1) is 11.9. The number of ether oxygens (including phenoxy) is 1. The van der Waals surface area contributed by atoms with E-state index < -0.39 is 37.0 Å². The van der Waals surface area contributed by atoms with E-state index in [1.54, 1.807) is 29.2 Å². The maximum absolute atomic E-state index is 13.5. The third-order valence-corrected chi connectivity index (χ3v) is 4.01. The fourth-order valence-corrected chi connectivity index (χ4v) is 2.55. The van der Waals surface area contributed by atoms with Gasteiger partial charge < -0.3 is 14.5 Å². The zero-order chi connectivity index (χ0) is 19.8. The van der Waals surface area contributed by atoms with Gasteiger partial charge in [0.1, 0.15) is 5.75 Å². The number of rotatable bonds is 4. The minimum atomic E-state index is -6.54. The first-order valence-corrected chi connectivity index (χ1v) is 7.43. The Morgan fingerprint density at radius 2 is 1.50 bits per heavy atom. The van der Waals surface area contributed by atoms with Crippen LogP contribution in [0.2, 0.25) is 0 Å². The summed E-state index contributed by atoms with van der Waals surface area (Å²) >= 11 is 0. The van der Waals surface area contributed by atoms with E-state index in [1.807, 2.05) is 0 Å². The second-order valence-electron chi connectivity index (χ2n) is 5.60. The standard InChI is InChI=1S/C15H15F7N2O2/c1-26-11-5-3-2-4-10(11)23-6-8-24(9-7-23)12(25)13(16,17)14(18,19)15(20,21)22/h2-5H,6-9H2,1H3. The molecule has 0 unspecified atom stereocenters. The van der Waals surface area contributed by atoms with Crippen molar-refractivity contribution in [2.75, 3.05) is 38.2 Å². The molecule has 0 atom stereocenters. The first kappa shape index (κ1) is 20.1. The SMILES string of the molecule is COc1ccccc1N1CCN(C(=O)C(F)(F)C(F)(F)C(F)(F)F)CC1. The van der Waals surface area contributed by atoms with E-state index in [-0.39, 0.29) is 13.1 Å². The van der Waals surface area contributed by atoms with E-state index in [1.165, 1.54) is 7.11 Å². The smallest absolute Gasteiger partial charge is 0.460 e. The predicted octanol–water partition coefficient (Wildman–Crippen LogP) is 3.18. The molecule has 0 spiro atoms. The highest BCUT2D eigenvalue weighted by Crippen LogP contribution is 2.47. The molecular formula is C15H15F7N2O2. The Labute approximate surface area is 144 Å². The average Bonchev–Trinajstić information content (AvgIpc) is 2.60. The van der Waals surface area contributed by atoms with Crippen LogP contribution in [-0.2, 0) is 4.79 Å². The molecule has 1 fully saturated rings. The van der Waals surface area contributed by atoms with E-state index in [9.17, 15) is 35.5 Å². The van der Waals surface area contributed by atoms with E-state index in [2.05, 4.69) is 0 Å². The van der Waals surface area contributed by atoms with Crippen molar-refractivity contribution >= 4 is 11.6 Å². The highest BCUT2D eigenvalue weighted by atomic mass is 19.4. The molecule has 0 saturated carbocycles. The number of hydrogen-bond donors (Lipinski definition) is 0. The summed E-state index contributed by atoms with van der Waals surface area (Å²) in [6.07, 6.45) is -6.54. The van der Waals surface area contributed by atoms with Crippen molar-refractivity contribution in [2.24, 2.45) is 0 Å². The Bertz CT molecular complexity index is 656. The molecule has 1 aliphatic rings. The molecule has 0 bridgehead atoms. The Morgan fingerprint density at radius 1 is 0.962 bits per heavy atom. The van der Waals surface area contributed by atoms with Crippen molar-refractivity contribution in [3.63, 3.8) is 0 Å². The lowest BCUT2D eigenvalue weighted by Crippen LogP contribution is -2.62. The molecule has 1 aromatic carbocycles. The van der Waals surface area contributed by atoms with Crippen LogP contribution in [0.3, 0.4) is 0 Å². The van der Waals surface area contributed by atoms with Gasteiger partial charge in [-0.15, -0.1) is 0 Å². The van der Waals surface area contributed by atoms with Crippen molar-refractivity contribution in [1.29, 1.82) is 0 Å². The van der Waals surface area contributed by atoms with Crippen LogP contribution in [0.1, 0.15) is 0 Å². The fourth-order valence-electron chi connectivity index (χ4n) is 2.55. The van der Waals surface area contributed by atoms with Crippen molar-refractivity contribution < 1.29 is 40.3 Å². The van der Waals surface area contributed by atoms with E-state index in [0.717, 1.165) is 0 Å². The first-order valence-electron chi connectivity index (χ1n) is 7.43. The summed E-state index contributed by atoms with van der Waals surface area (Å²) < 4.78 is 94.8. The van der Waals surface area contributed by atoms with Gasteiger partial charge in [-0.1, -0.05) is 12.1 Å². The molecule has 1 saturated heterocycles. The lowest BCUT2D eigenvalue weighted by Gasteiger charge is -2.38. The minimum Gasteiger partial charge on any atom is -0.495 e. The normalized spacial score (nSPS) is 16.6. The molecule has 2 rings (SSSR count). The van der Waals surface area contributed by atoms with Gasteiger partial charge in [0.15, 0.2) is 0 Å². The number of anilines is 1. The molecule has 0 aliphatic carbocycles. The number of benzene rings is 1. The molecule has 4 nitrogen and oxygen atoms in total. The molecule has 11 heteroatoms. The van der Waals surface area contributed by atoms with Gasteiger partial charge in [0.2, 0.25) is 0 Å². The Balaban J connectivity index is 2.11. The van der Waals surface area contributed by atoms with Crippen molar-refractivity contribution in [2.45, 2.75) is 18.0 Å². The summed E-state index contributed by atoms with van der Waals surface area (Å²) in [6, 6.07) is 6.70. The van der Waals surface area contributed by atoms with Crippen LogP contribution in [0.25, 0.3) is 0 Å². The Hall–Kier alpha value is -2.20. The van der Waals surface area contributed by atoms with Gasteiger partial charge in [-0.2, -0.15) is 30.7 Å². The number of methoxy groups -OCH3 is 1. The lowest BCUT2D eigenvalue weighted by molar-refractivity contribution is -0.346. The van der Waals surface area contributed by atoms with Gasteiger partial charge in [-0.3, -0.25) is 4.79 Å². The van der Waals surface area contributed by atoms with Gasteiger partial charge >= 0.3 is 18.0 Å². The summed E-state index contributed by atoms with van der Waals surface area (Å²) in [4.78, 5) is 13.6. The Kier molecular flexibility index (Phi) is 5.29. The largest absolute Gasteiger partial charge is 0.495 e. The molecule has 1 aromatic rings. The Morgan fingerprint density at radius 3 is 2.00 bits per heavy atom. The summed E-state index contributed by atoms with van der Waals surface area (Å²) in [5.41, 5.74) is 0.592. The predicted molar refractivity (Wildman–Crippen MR) is 77.7 cm³/mol. The maximum atomic E-state index is 13.5. The van der Waals surface area contributed by atoms with Crippen LogP contribution >= 0.6 is 0 Å². The minimum absolute atomic E-state index is 0.0280. The van der Waals surface area contributed by atoms with Crippen molar-refractivity contribution in [1.82, 2.24) is 4.90 Å². The van der Waals surface area contributed by atoms with Crippen LogP contribution in [0, 0.1) is 0 Å². The number of nitrogens with zero attached hydrogens (tertiary/aromatic N) is 2. The number of hydrogen-bond acceptors (Lipinski definition) is 3. The molecule has 0 N–H and O–H groups in total. The van der Waals surface area contributed by atoms with Gasteiger partial charge in [0.25, 0.3) is 5.91 Å². The fraction of sp³-hybridized carbons (Fsp3) is 0.533. The zero-order valence-corrected chi connectivity index (χ0v) is 13.5. The van der Waals surface area contributed by atoms with Gasteiger partial charge in [-0.05, 0) is 12.1 Å². The molecule has 1 aliphatic heterocycles. The van der Waals surface area contributed by atoms with Crippen LogP contribution < -0.4 is 9.64 Å². The number of carbonyl (C=O) groups is 1. The van der Waals surface area contributed by atoms with E-state index in [0.29, 0.717) is 16.3 Å². The molecule has 0 aromatic heterocycles. The van der Waals surface area contributed by atoms with Crippen LogP contribution in [0.4, 0.5) is 36.4 Å². The second kappa shape index (κ2) is 6.84.